The Balaban J connectivity index is 1.95. The van der Waals surface area contributed by atoms with Crippen LogP contribution in [-0.2, 0) is 22.7 Å². The maximum Gasteiger partial charge on any atom is 0.332 e. The number of carboxylic acid groups (broad SMARTS) is 1. The summed E-state index contributed by atoms with van der Waals surface area (Å²) in [7, 11) is 1.62. The molecular formula is C21H21ClN2O4. The second kappa shape index (κ2) is 8.91. The molecule has 0 radical (unpaired) electrons. The van der Waals surface area contributed by atoms with Crippen LogP contribution in [0.5, 0.6) is 5.75 Å². The first-order valence-electron chi connectivity index (χ1n) is 8.77. The number of nitrogens with zero attached hydrogens (tertiary/aromatic N) is 2. The van der Waals surface area contributed by atoms with E-state index in [-0.39, 0.29) is 6.61 Å². The molecule has 2 aromatic carbocycles. The standard InChI is InChI=1S/C21H21ClN2O4/c1-14(21(25)26)28-13-17-11-20(15-7-5-8-18(10-15)27-2)24(23-17)12-16-6-3-4-9-19(16)22/h3-11,14H,12-13H2,1-2H3,(H,25,26)/t14-/m1/s1. The minimum Gasteiger partial charge on any atom is -0.497 e. The van der Waals surface area contributed by atoms with Gasteiger partial charge in [-0.25, -0.2) is 4.79 Å². The molecule has 146 valence electrons. The van der Waals surface area contributed by atoms with Gasteiger partial charge < -0.3 is 14.6 Å². The summed E-state index contributed by atoms with van der Waals surface area (Å²) in [6.07, 6.45) is -0.908. The van der Waals surface area contributed by atoms with Crippen molar-refractivity contribution >= 4 is 17.6 Å². The van der Waals surface area contributed by atoms with Gasteiger partial charge in [-0.05, 0) is 36.8 Å². The highest BCUT2D eigenvalue weighted by Gasteiger charge is 2.16. The number of rotatable bonds is 8. The first-order chi connectivity index (χ1) is 13.5. The molecule has 0 aliphatic rings. The van der Waals surface area contributed by atoms with E-state index in [1.807, 2.05) is 59.3 Å². The Morgan fingerprint density at radius 3 is 2.71 bits per heavy atom. The van der Waals surface area contributed by atoms with Gasteiger partial charge in [-0.1, -0.05) is 41.9 Å². The van der Waals surface area contributed by atoms with Crippen molar-refractivity contribution in [1.82, 2.24) is 9.78 Å². The van der Waals surface area contributed by atoms with Crippen LogP contribution >= 0.6 is 11.6 Å². The Kier molecular flexibility index (Phi) is 6.34. The van der Waals surface area contributed by atoms with E-state index in [2.05, 4.69) is 5.10 Å². The molecule has 3 aromatic rings. The molecule has 0 unspecified atom stereocenters. The minimum atomic E-state index is -1.01. The predicted molar refractivity (Wildman–Crippen MR) is 107 cm³/mol. The highest BCUT2D eigenvalue weighted by atomic mass is 35.5. The lowest BCUT2D eigenvalue weighted by Gasteiger charge is -2.10. The molecule has 0 spiro atoms. The topological polar surface area (TPSA) is 73.6 Å². The number of carboxylic acids is 1. The largest absolute Gasteiger partial charge is 0.497 e. The zero-order chi connectivity index (χ0) is 20.1. The SMILES string of the molecule is COc1cccc(-c2cc(CO[C@H](C)C(=O)O)nn2Cc2ccccc2Cl)c1. The van der Waals surface area contributed by atoms with Crippen molar-refractivity contribution in [3.05, 3.63) is 70.9 Å². The summed E-state index contributed by atoms with van der Waals surface area (Å²) in [5, 5.41) is 14.3. The Morgan fingerprint density at radius 2 is 2.00 bits per heavy atom. The number of halogens is 1. The van der Waals surface area contributed by atoms with Gasteiger partial charge in [-0.2, -0.15) is 5.10 Å². The van der Waals surface area contributed by atoms with Crippen LogP contribution in [0.4, 0.5) is 0 Å². The summed E-state index contributed by atoms with van der Waals surface area (Å²) in [4.78, 5) is 11.0. The Morgan fingerprint density at radius 1 is 1.21 bits per heavy atom. The molecule has 1 N–H and O–H groups in total. The molecule has 7 heteroatoms. The number of carbonyl (C=O) groups is 1. The zero-order valence-electron chi connectivity index (χ0n) is 15.6. The fourth-order valence-corrected chi connectivity index (χ4v) is 2.94. The Labute approximate surface area is 168 Å². The Bertz CT molecular complexity index is 971. The molecule has 1 aromatic heterocycles. The number of hydrogen-bond acceptors (Lipinski definition) is 4. The van der Waals surface area contributed by atoms with Crippen LogP contribution < -0.4 is 4.74 Å². The van der Waals surface area contributed by atoms with E-state index in [9.17, 15) is 4.79 Å². The summed E-state index contributed by atoms with van der Waals surface area (Å²) >= 11 is 6.31. The molecule has 3 rings (SSSR count). The van der Waals surface area contributed by atoms with Crippen LogP contribution in [0.25, 0.3) is 11.3 Å². The Hall–Kier alpha value is -2.83. The van der Waals surface area contributed by atoms with E-state index < -0.39 is 12.1 Å². The van der Waals surface area contributed by atoms with E-state index in [1.165, 1.54) is 6.92 Å². The molecule has 0 bridgehead atoms. The van der Waals surface area contributed by atoms with Crippen LogP contribution in [0.15, 0.2) is 54.6 Å². The number of hydrogen-bond donors (Lipinski definition) is 1. The number of ether oxygens (including phenoxy) is 2. The van der Waals surface area contributed by atoms with Gasteiger partial charge in [0.25, 0.3) is 0 Å². The third-order valence-electron chi connectivity index (χ3n) is 4.30. The van der Waals surface area contributed by atoms with Gasteiger partial charge in [-0.15, -0.1) is 0 Å². The minimum absolute atomic E-state index is 0.0972. The smallest absolute Gasteiger partial charge is 0.332 e. The van der Waals surface area contributed by atoms with Crippen LogP contribution in [0.1, 0.15) is 18.2 Å². The van der Waals surface area contributed by atoms with Gasteiger partial charge in [0.2, 0.25) is 0 Å². The van der Waals surface area contributed by atoms with Crippen LogP contribution in [0.2, 0.25) is 5.02 Å². The zero-order valence-corrected chi connectivity index (χ0v) is 16.4. The average Bonchev–Trinajstić information content (AvgIpc) is 3.10. The van der Waals surface area contributed by atoms with Crippen LogP contribution in [0, 0.1) is 0 Å². The van der Waals surface area contributed by atoms with E-state index in [4.69, 9.17) is 26.2 Å². The van der Waals surface area contributed by atoms with Crippen molar-refractivity contribution < 1.29 is 19.4 Å². The highest BCUT2D eigenvalue weighted by molar-refractivity contribution is 6.31. The molecule has 6 nitrogen and oxygen atoms in total. The second-order valence-electron chi connectivity index (χ2n) is 6.29. The van der Waals surface area contributed by atoms with Gasteiger partial charge in [0.15, 0.2) is 6.10 Å². The maximum absolute atomic E-state index is 11.0. The molecule has 0 aliphatic carbocycles. The predicted octanol–water partition coefficient (Wildman–Crippen LogP) is 4.25. The van der Waals surface area contributed by atoms with Gasteiger partial charge in [0.1, 0.15) is 5.75 Å². The molecule has 1 heterocycles. The quantitative estimate of drug-likeness (QED) is 0.611. The van der Waals surface area contributed by atoms with Crippen molar-refractivity contribution in [2.75, 3.05) is 7.11 Å². The molecule has 0 saturated heterocycles. The van der Waals surface area contributed by atoms with Crippen molar-refractivity contribution in [1.29, 1.82) is 0 Å². The summed E-state index contributed by atoms with van der Waals surface area (Å²) in [5.41, 5.74) is 3.36. The number of benzene rings is 2. The molecule has 0 aliphatic heterocycles. The van der Waals surface area contributed by atoms with Crippen molar-refractivity contribution in [2.24, 2.45) is 0 Å². The molecule has 1 atom stereocenters. The van der Waals surface area contributed by atoms with Crippen molar-refractivity contribution in [2.45, 2.75) is 26.2 Å². The fourth-order valence-electron chi connectivity index (χ4n) is 2.75. The molecule has 0 saturated carbocycles. The molecule has 28 heavy (non-hydrogen) atoms. The van der Waals surface area contributed by atoms with Crippen molar-refractivity contribution in [3.63, 3.8) is 0 Å². The first kappa shape index (κ1) is 19.9. The van der Waals surface area contributed by atoms with E-state index in [1.54, 1.807) is 7.11 Å². The maximum atomic E-state index is 11.0. The summed E-state index contributed by atoms with van der Waals surface area (Å²) in [6, 6.07) is 17.1. The van der Waals surface area contributed by atoms with E-state index >= 15 is 0 Å². The molecular weight excluding hydrogens is 380 g/mol. The average molecular weight is 401 g/mol. The molecule has 0 fully saturated rings. The van der Waals surface area contributed by atoms with Gasteiger partial charge in [-0.3, -0.25) is 4.68 Å². The highest BCUT2D eigenvalue weighted by Crippen LogP contribution is 2.27. The van der Waals surface area contributed by atoms with Gasteiger partial charge in [0.05, 0.1) is 31.6 Å². The normalized spacial score (nSPS) is 12.0. The van der Waals surface area contributed by atoms with Crippen LogP contribution in [-0.4, -0.2) is 34.1 Å². The third kappa shape index (κ3) is 4.71. The number of methoxy groups -OCH3 is 1. The lowest BCUT2D eigenvalue weighted by Crippen LogP contribution is -2.19. The second-order valence-corrected chi connectivity index (χ2v) is 6.70. The number of aliphatic carboxylic acids is 1. The van der Waals surface area contributed by atoms with Crippen molar-refractivity contribution in [3.8, 4) is 17.0 Å². The van der Waals surface area contributed by atoms with Gasteiger partial charge in [0, 0.05) is 10.6 Å². The van der Waals surface area contributed by atoms with E-state index in [0.717, 1.165) is 22.6 Å². The summed E-state index contributed by atoms with van der Waals surface area (Å²) < 4.78 is 12.5. The van der Waals surface area contributed by atoms with Gasteiger partial charge >= 0.3 is 5.97 Å². The third-order valence-corrected chi connectivity index (χ3v) is 4.67. The van der Waals surface area contributed by atoms with E-state index in [0.29, 0.717) is 17.3 Å². The van der Waals surface area contributed by atoms with Crippen LogP contribution in [0.3, 0.4) is 0 Å². The summed E-state index contributed by atoms with van der Waals surface area (Å²) in [6.45, 7) is 2.06. The first-order valence-corrected chi connectivity index (χ1v) is 9.14. The fraction of sp³-hybridized carbons (Fsp3) is 0.238. The molecule has 0 amide bonds. The monoisotopic (exact) mass is 400 g/mol. The lowest BCUT2D eigenvalue weighted by atomic mass is 10.1. The summed E-state index contributed by atoms with van der Waals surface area (Å²) in [5.74, 6) is -0.274. The lowest BCUT2D eigenvalue weighted by molar-refractivity contribution is -0.149. The number of aromatic nitrogens is 2.